The Morgan fingerprint density at radius 2 is 1.97 bits per heavy atom. The van der Waals surface area contributed by atoms with Gasteiger partial charge in [0.1, 0.15) is 16.9 Å². The third-order valence-electron chi connectivity index (χ3n) is 5.00. The Hall–Kier alpha value is -3.00. The van der Waals surface area contributed by atoms with Crippen LogP contribution in [-0.4, -0.2) is 27.0 Å². The first-order chi connectivity index (χ1) is 14.6. The molecule has 4 rings (SSSR count). The molecule has 0 atom stereocenters. The molecule has 1 amide bonds. The van der Waals surface area contributed by atoms with Crippen molar-refractivity contribution in [1.29, 1.82) is 5.41 Å². The summed E-state index contributed by atoms with van der Waals surface area (Å²) in [4.78, 5) is 29.3. The Bertz CT molecular complexity index is 1160. The minimum absolute atomic E-state index is 0.0230. The third-order valence-corrected chi connectivity index (χ3v) is 5.97. The Labute approximate surface area is 178 Å². The van der Waals surface area contributed by atoms with Crippen molar-refractivity contribution < 1.29 is 9.21 Å². The van der Waals surface area contributed by atoms with Crippen LogP contribution < -0.4 is 5.43 Å². The maximum Gasteiger partial charge on any atom is 0.283 e. The second-order valence-electron chi connectivity index (χ2n) is 7.19. The van der Waals surface area contributed by atoms with Crippen molar-refractivity contribution in [2.24, 2.45) is 10.1 Å². The molecular formula is C22H22N4O3S. The number of hydrogen-bond donors (Lipinski definition) is 1. The highest BCUT2D eigenvalue weighted by molar-refractivity contribution is 8.26. The van der Waals surface area contributed by atoms with Gasteiger partial charge in [-0.05, 0) is 42.8 Å². The molecule has 0 aliphatic carbocycles. The van der Waals surface area contributed by atoms with Gasteiger partial charge in [0.2, 0.25) is 5.17 Å². The first kappa shape index (κ1) is 20.3. The zero-order chi connectivity index (χ0) is 21.1. The van der Waals surface area contributed by atoms with Gasteiger partial charge in [0.05, 0.1) is 16.5 Å². The summed E-state index contributed by atoms with van der Waals surface area (Å²) in [6, 6.07) is 6.91. The molecule has 3 heterocycles. The SMILES string of the molecule is CCCCCCCC1=NN2C(=N)/C(=C\c3coc4ccccc4c3=O)C(=O)N=C2S1. The van der Waals surface area contributed by atoms with Gasteiger partial charge in [0, 0.05) is 0 Å². The van der Waals surface area contributed by atoms with Crippen molar-refractivity contribution in [3.63, 3.8) is 0 Å². The van der Waals surface area contributed by atoms with Crippen molar-refractivity contribution in [3.8, 4) is 0 Å². The number of amidine groups is 2. The molecule has 7 nitrogen and oxygen atoms in total. The largest absolute Gasteiger partial charge is 0.463 e. The van der Waals surface area contributed by atoms with Crippen molar-refractivity contribution in [3.05, 3.63) is 51.9 Å². The van der Waals surface area contributed by atoms with E-state index in [0.29, 0.717) is 16.1 Å². The normalized spacial score (nSPS) is 17.5. The van der Waals surface area contributed by atoms with Crippen molar-refractivity contribution in [2.45, 2.75) is 45.4 Å². The Morgan fingerprint density at radius 3 is 2.80 bits per heavy atom. The molecule has 0 unspecified atom stereocenters. The van der Waals surface area contributed by atoms with Crippen LogP contribution in [-0.2, 0) is 4.79 Å². The van der Waals surface area contributed by atoms with Crippen molar-refractivity contribution in [1.82, 2.24) is 5.01 Å². The third kappa shape index (κ3) is 4.00. The minimum Gasteiger partial charge on any atom is -0.463 e. The Balaban J connectivity index is 1.56. The molecule has 0 fully saturated rings. The lowest BCUT2D eigenvalue weighted by molar-refractivity contribution is -0.114. The van der Waals surface area contributed by atoms with Crippen molar-refractivity contribution in [2.75, 3.05) is 0 Å². The standard InChI is InChI=1S/C22H22N4O3S/c1-2-3-4-5-6-11-18-25-26-20(23)16(21(28)24-22(26)30-18)12-14-13-29-17-10-8-7-9-15(17)19(14)27/h7-10,12-13,23H,2-6,11H2,1H3/b16-12+,23-20?. The zero-order valence-corrected chi connectivity index (χ0v) is 17.5. The van der Waals surface area contributed by atoms with Gasteiger partial charge in [-0.3, -0.25) is 15.0 Å². The number of carbonyl (C=O) groups is 1. The predicted octanol–water partition coefficient (Wildman–Crippen LogP) is 4.77. The van der Waals surface area contributed by atoms with Crippen LogP contribution in [0.5, 0.6) is 0 Å². The molecular weight excluding hydrogens is 400 g/mol. The van der Waals surface area contributed by atoms with E-state index in [1.165, 1.54) is 48.4 Å². The van der Waals surface area contributed by atoms with Crippen LogP contribution in [0, 0.1) is 5.41 Å². The first-order valence-corrected chi connectivity index (χ1v) is 10.9. The van der Waals surface area contributed by atoms with E-state index in [0.717, 1.165) is 24.3 Å². The van der Waals surface area contributed by atoms with E-state index >= 15 is 0 Å². The number of amides is 1. The Morgan fingerprint density at radius 1 is 1.17 bits per heavy atom. The summed E-state index contributed by atoms with van der Waals surface area (Å²) in [7, 11) is 0. The van der Waals surface area contributed by atoms with E-state index in [1.54, 1.807) is 24.3 Å². The summed E-state index contributed by atoms with van der Waals surface area (Å²) in [5.41, 5.74) is 0.438. The molecule has 0 saturated heterocycles. The Kier molecular flexibility index (Phi) is 5.94. The second-order valence-corrected chi connectivity index (χ2v) is 8.23. The lowest BCUT2D eigenvalue weighted by atomic mass is 10.1. The predicted molar refractivity (Wildman–Crippen MR) is 121 cm³/mol. The van der Waals surface area contributed by atoms with Gasteiger partial charge in [-0.25, -0.2) is 0 Å². The van der Waals surface area contributed by atoms with E-state index in [4.69, 9.17) is 9.83 Å². The number of nitrogens with one attached hydrogen (secondary N) is 1. The van der Waals surface area contributed by atoms with Crippen molar-refractivity contribution >= 4 is 50.8 Å². The van der Waals surface area contributed by atoms with E-state index in [-0.39, 0.29) is 22.4 Å². The lowest BCUT2D eigenvalue weighted by Crippen LogP contribution is -2.35. The highest BCUT2D eigenvalue weighted by atomic mass is 32.2. The van der Waals surface area contributed by atoms with Gasteiger partial charge in [0.15, 0.2) is 11.3 Å². The molecule has 1 aromatic carbocycles. The molecule has 1 N–H and O–H groups in total. The van der Waals surface area contributed by atoms with Crippen LogP contribution in [0.1, 0.15) is 51.0 Å². The van der Waals surface area contributed by atoms with Gasteiger partial charge >= 0.3 is 0 Å². The molecule has 2 aliphatic rings. The molecule has 154 valence electrons. The molecule has 2 aromatic rings. The van der Waals surface area contributed by atoms with Gasteiger partial charge in [-0.1, -0.05) is 44.7 Å². The lowest BCUT2D eigenvalue weighted by Gasteiger charge is -2.20. The van der Waals surface area contributed by atoms with E-state index in [9.17, 15) is 9.59 Å². The number of unbranched alkanes of at least 4 members (excludes halogenated alkanes) is 4. The number of nitrogens with zero attached hydrogens (tertiary/aromatic N) is 3. The molecule has 1 aromatic heterocycles. The van der Waals surface area contributed by atoms with E-state index in [2.05, 4.69) is 17.0 Å². The fraction of sp³-hybridized carbons (Fsp3) is 0.318. The summed E-state index contributed by atoms with van der Waals surface area (Å²) in [5.74, 6) is -0.628. The van der Waals surface area contributed by atoms with E-state index in [1.807, 2.05) is 0 Å². The van der Waals surface area contributed by atoms with Crippen LogP contribution in [0.15, 0.2) is 55.4 Å². The topological polar surface area (TPSA) is 99.1 Å². The smallest absolute Gasteiger partial charge is 0.283 e. The average molecular weight is 423 g/mol. The maximum absolute atomic E-state index is 12.7. The summed E-state index contributed by atoms with van der Waals surface area (Å²) < 4.78 is 5.50. The molecule has 0 saturated carbocycles. The number of fused-ring (bicyclic) bond motifs is 2. The van der Waals surface area contributed by atoms with E-state index < -0.39 is 5.91 Å². The van der Waals surface area contributed by atoms with Crippen LogP contribution in [0.25, 0.3) is 17.0 Å². The molecule has 0 bridgehead atoms. The summed E-state index contributed by atoms with van der Waals surface area (Å²) in [6.07, 6.45) is 9.27. The van der Waals surface area contributed by atoms with Gasteiger partial charge in [0.25, 0.3) is 5.91 Å². The fourth-order valence-corrected chi connectivity index (χ4v) is 4.29. The highest BCUT2D eigenvalue weighted by Crippen LogP contribution is 2.30. The maximum atomic E-state index is 12.7. The number of aliphatic imine (C=N–C) groups is 1. The number of carbonyl (C=O) groups excluding carboxylic acids is 1. The highest BCUT2D eigenvalue weighted by Gasteiger charge is 2.35. The van der Waals surface area contributed by atoms with Crippen LogP contribution in [0.3, 0.4) is 0 Å². The van der Waals surface area contributed by atoms with Crippen LogP contribution >= 0.6 is 11.8 Å². The molecule has 30 heavy (non-hydrogen) atoms. The summed E-state index contributed by atoms with van der Waals surface area (Å²) in [5, 5.41) is 16.0. The number of hydrazone groups is 1. The number of thioether (sulfide) groups is 1. The number of para-hydroxylation sites is 1. The molecule has 2 aliphatic heterocycles. The molecule has 8 heteroatoms. The monoisotopic (exact) mass is 422 g/mol. The van der Waals surface area contributed by atoms with Gasteiger partial charge in [-0.2, -0.15) is 15.1 Å². The quantitative estimate of drug-likeness (QED) is 0.512. The van der Waals surface area contributed by atoms with Crippen LogP contribution in [0.4, 0.5) is 0 Å². The number of hydrogen-bond acceptors (Lipinski definition) is 6. The number of benzene rings is 1. The molecule has 0 spiro atoms. The zero-order valence-electron chi connectivity index (χ0n) is 16.7. The van der Waals surface area contributed by atoms with Gasteiger partial charge < -0.3 is 4.42 Å². The second kappa shape index (κ2) is 8.79. The van der Waals surface area contributed by atoms with Crippen LogP contribution in [0.2, 0.25) is 0 Å². The molecule has 0 radical (unpaired) electrons. The summed E-state index contributed by atoms with van der Waals surface area (Å²) >= 11 is 1.34. The minimum atomic E-state index is -0.550. The summed E-state index contributed by atoms with van der Waals surface area (Å²) in [6.45, 7) is 2.18. The number of rotatable bonds is 7. The fourth-order valence-electron chi connectivity index (χ4n) is 3.36. The first-order valence-electron chi connectivity index (χ1n) is 10.1. The van der Waals surface area contributed by atoms with Gasteiger partial charge in [-0.15, -0.1) is 0 Å². The average Bonchev–Trinajstić information content (AvgIpc) is 3.15.